The van der Waals surface area contributed by atoms with Crippen molar-refractivity contribution in [2.45, 2.75) is 6.42 Å². The van der Waals surface area contributed by atoms with E-state index < -0.39 is 0 Å². The van der Waals surface area contributed by atoms with E-state index in [1.165, 1.54) is 0 Å². The maximum absolute atomic E-state index is 10.1. The average Bonchev–Trinajstić information content (AvgIpc) is 1.94. The van der Waals surface area contributed by atoms with Crippen LogP contribution < -0.4 is 0 Å². The van der Waals surface area contributed by atoms with E-state index in [1.807, 2.05) is 12.1 Å². The van der Waals surface area contributed by atoms with Crippen molar-refractivity contribution in [1.82, 2.24) is 4.98 Å². The molecule has 0 unspecified atom stereocenters. The second kappa shape index (κ2) is 5.43. The molecule has 60 valence electrons. The number of carbonyl (C=O) groups is 1. The lowest BCUT2D eigenvalue weighted by Crippen LogP contribution is -1.88. The Kier molecular flexibility index (Phi) is 5.32. The topological polar surface area (TPSA) is 30.0 Å². The number of aromatic nitrogens is 1. The molecule has 1 rings (SSSR count). The smallest absolute Gasteiger partial charge is 0.124 e. The van der Waals surface area contributed by atoms with Crippen LogP contribution in [0.1, 0.15) is 5.56 Å². The number of nitrogens with zero attached hydrogens (tertiary/aromatic N) is 1. The van der Waals surface area contributed by atoms with Gasteiger partial charge in [-0.3, -0.25) is 0 Å². The van der Waals surface area contributed by atoms with Gasteiger partial charge >= 0.3 is 0 Å². The van der Waals surface area contributed by atoms with Crippen molar-refractivity contribution >= 4 is 39.2 Å². The molecule has 0 aliphatic carbocycles. The van der Waals surface area contributed by atoms with Crippen molar-refractivity contribution in [2.75, 3.05) is 0 Å². The van der Waals surface area contributed by atoms with Gasteiger partial charge < -0.3 is 4.79 Å². The second-order valence-corrected chi connectivity index (χ2v) is 2.58. The predicted octanol–water partition coefficient (Wildman–Crippen LogP) is 2.16. The van der Waals surface area contributed by atoms with Gasteiger partial charge in [-0.1, -0.05) is 6.07 Å². The first-order valence-electron chi connectivity index (χ1n) is 2.87. The van der Waals surface area contributed by atoms with E-state index in [0.29, 0.717) is 6.42 Å². The predicted molar refractivity (Wildman–Crippen MR) is 52.0 cm³/mol. The van der Waals surface area contributed by atoms with Crippen LogP contribution in [0.15, 0.2) is 22.9 Å². The van der Waals surface area contributed by atoms with Crippen LogP contribution in [0.25, 0.3) is 0 Å². The van der Waals surface area contributed by atoms with E-state index in [1.54, 1.807) is 6.20 Å². The molecule has 0 radical (unpaired) electrons. The van der Waals surface area contributed by atoms with E-state index in [9.17, 15) is 4.79 Å². The first-order chi connectivity index (χ1) is 4.84. The fraction of sp³-hybridized carbons (Fsp3) is 0.143. The van der Waals surface area contributed by atoms with Crippen molar-refractivity contribution in [1.29, 1.82) is 0 Å². The Morgan fingerprint density at radius 3 is 2.91 bits per heavy atom. The van der Waals surface area contributed by atoms with Crippen LogP contribution in [0, 0.1) is 0 Å². The molecule has 0 atom stereocenters. The maximum atomic E-state index is 10.1. The minimum Gasteiger partial charge on any atom is -0.303 e. The SMILES string of the molecule is Br.O=CCc1cccnc1Br. The van der Waals surface area contributed by atoms with Crippen molar-refractivity contribution in [2.24, 2.45) is 0 Å². The summed E-state index contributed by atoms with van der Waals surface area (Å²) in [5.74, 6) is 0. The highest BCUT2D eigenvalue weighted by Gasteiger charge is 1.96. The first kappa shape index (κ1) is 10.8. The Hall–Kier alpha value is -0.220. The van der Waals surface area contributed by atoms with E-state index in [0.717, 1.165) is 16.5 Å². The van der Waals surface area contributed by atoms with Gasteiger partial charge in [0, 0.05) is 12.6 Å². The molecule has 1 aromatic rings. The van der Waals surface area contributed by atoms with Crippen LogP contribution in [0.5, 0.6) is 0 Å². The average molecular weight is 281 g/mol. The lowest BCUT2D eigenvalue weighted by molar-refractivity contribution is -0.107. The summed E-state index contributed by atoms with van der Waals surface area (Å²) in [6, 6.07) is 3.68. The third-order valence-electron chi connectivity index (χ3n) is 1.14. The van der Waals surface area contributed by atoms with Crippen LogP contribution in [0.3, 0.4) is 0 Å². The monoisotopic (exact) mass is 279 g/mol. The van der Waals surface area contributed by atoms with Gasteiger partial charge in [-0.2, -0.15) is 0 Å². The third kappa shape index (κ3) is 3.12. The Bertz CT molecular complexity index is 240. The van der Waals surface area contributed by atoms with Gasteiger partial charge in [0.1, 0.15) is 10.9 Å². The number of carbonyl (C=O) groups excluding carboxylic acids is 1. The largest absolute Gasteiger partial charge is 0.303 e. The molecule has 0 aromatic carbocycles. The minimum absolute atomic E-state index is 0. The van der Waals surface area contributed by atoms with Gasteiger partial charge in [-0.15, -0.1) is 17.0 Å². The van der Waals surface area contributed by atoms with Crippen LogP contribution in [-0.2, 0) is 11.2 Å². The van der Waals surface area contributed by atoms with Gasteiger partial charge in [-0.25, -0.2) is 4.98 Å². The number of halogens is 2. The lowest BCUT2D eigenvalue weighted by atomic mass is 10.2. The Morgan fingerprint density at radius 1 is 1.64 bits per heavy atom. The maximum Gasteiger partial charge on any atom is 0.124 e. The Morgan fingerprint density at radius 2 is 2.36 bits per heavy atom. The molecule has 2 nitrogen and oxygen atoms in total. The standard InChI is InChI=1S/C7H6BrNO.BrH/c8-7-6(3-5-10)2-1-4-9-7;/h1-2,4-5H,3H2;1H. The minimum atomic E-state index is 0. The third-order valence-corrected chi connectivity index (χ3v) is 1.85. The van der Waals surface area contributed by atoms with E-state index >= 15 is 0 Å². The quantitative estimate of drug-likeness (QED) is 0.614. The van der Waals surface area contributed by atoms with Gasteiger partial charge in [0.05, 0.1) is 0 Å². The zero-order valence-corrected chi connectivity index (χ0v) is 8.96. The summed E-state index contributed by atoms with van der Waals surface area (Å²) in [6.45, 7) is 0. The van der Waals surface area contributed by atoms with Crippen molar-refractivity contribution in [3.05, 3.63) is 28.5 Å². The molecule has 4 heteroatoms. The highest BCUT2D eigenvalue weighted by atomic mass is 79.9. The molecule has 0 N–H and O–H groups in total. The van der Waals surface area contributed by atoms with E-state index in [2.05, 4.69) is 20.9 Å². The molecule has 0 spiro atoms. The summed E-state index contributed by atoms with van der Waals surface area (Å²) in [4.78, 5) is 14.0. The molecule has 11 heavy (non-hydrogen) atoms. The molecule has 1 aromatic heterocycles. The van der Waals surface area contributed by atoms with Gasteiger partial charge in [0.15, 0.2) is 0 Å². The zero-order valence-electron chi connectivity index (χ0n) is 5.66. The fourth-order valence-electron chi connectivity index (χ4n) is 0.661. The molecular weight excluding hydrogens is 274 g/mol. The normalized spacial score (nSPS) is 8.45. The highest BCUT2D eigenvalue weighted by Crippen LogP contribution is 2.11. The summed E-state index contributed by atoms with van der Waals surface area (Å²) >= 11 is 3.23. The molecule has 0 fully saturated rings. The lowest BCUT2D eigenvalue weighted by Gasteiger charge is -1.95. The summed E-state index contributed by atoms with van der Waals surface area (Å²) in [5, 5.41) is 0. The van der Waals surface area contributed by atoms with Crippen molar-refractivity contribution < 1.29 is 4.79 Å². The fourth-order valence-corrected chi connectivity index (χ4v) is 1.07. The van der Waals surface area contributed by atoms with Crippen LogP contribution in [-0.4, -0.2) is 11.3 Å². The van der Waals surface area contributed by atoms with Gasteiger partial charge in [-0.05, 0) is 27.6 Å². The highest BCUT2D eigenvalue weighted by molar-refractivity contribution is 9.10. The summed E-state index contributed by atoms with van der Waals surface area (Å²) in [6.07, 6.45) is 2.97. The summed E-state index contributed by atoms with van der Waals surface area (Å²) in [7, 11) is 0. The summed E-state index contributed by atoms with van der Waals surface area (Å²) < 4.78 is 0.752. The van der Waals surface area contributed by atoms with Crippen LogP contribution in [0.4, 0.5) is 0 Å². The molecule has 0 saturated heterocycles. The van der Waals surface area contributed by atoms with Crippen LogP contribution in [0.2, 0.25) is 0 Å². The number of aldehydes is 1. The molecule has 0 bridgehead atoms. The van der Waals surface area contributed by atoms with Crippen molar-refractivity contribution in [3.63, 3.8) is 0 Å². The molecule has 0 aliphatic heterocycles. The second-order valence-electron chi connectivity index (χ2n) is 1.82. The number of rotatable bonds is 2. The van der Waals surface area contributed by atoms with E-state index in [4.69, 9.17) is 0 Å². The molecule has 0 amide bonds. The number of pyridine rings is 1. The molecular formula is C7H7Br2NO. The van der Waals surface area contributed by atoms with Gasteiger partial charge in [0.2, 0.25) is 0 Å². The molecule has 0 aliphatic rings. The number of hydrogen-bond donors (Lipinski definition) is 0. The van der Waals surface area contributed by atoms with Crippen LogP contribution >= 0.6 is 32.9 Å². The molecule has 0 saturated carbocycles. The van der Waals surface area contributed by atoms with Crippen molar-refractivity contribution in [3.8, 4) is 0 Å². The van der Waals surface area contributed by atoms with Gasteiger partial charge in [0.25, 0.3) is 0 Å². The molecule has 1 heterocycles. The Labute approximate surface area is 83.9 Å². The summed E-state index contributed by atoms with van der Waals surface area (Å²) in [5.41, 5.74) is 0.928. The van der Waals surface area contributed by atoms with E-state index in [-0.39, 0.29) is 17.0 Å². The first-order valence-corrected chi connectivity index (χ1v) is 3.67. The zero-order chi connectivity index (χ0) is 7.40. The number of hydrogen-bond acceptors (Lipinski definition) is 2. The Balaban J connectivity index is 0.000001000.